The minimum Gasteiger partial charge on any atom is -0.508 e. The zero-order valence-corrected chi connectivity index (χ0v) is 10.1. The summed E-state index contributed by atoms with van der Waals surface area (Å²) in [5.41, 5.74) is 0.149. The molecule has 0 aliphatic rings. The van der Waals surface area contributed by atoms with E-state index in [9.17, 15) is 13.9 Å². The number of rotatable bonds is 2. The number of nitrogens with zero attached hydrogens (tertiary/aromatic N) is 2. The van der Waals surface area contributed by atoms with Crippen molar-refractivity contribution in [1.82, 2.24) is 0 Å². The van der Waals surface area contributed by atoms with E-state index in [1.807, 2.05) is 0 Å². The number of benzene rings is 2. The molecule has 0 aliphatic carbocycles. The third kappa shape index (κ3) is 2.33. The number of phenolic OH excluding ortho intramolecular Hbond substituents is 1. The molecule has 0 aliphatic heterocycles. The van der Waals surface area contributed by atoms with Crippen LogP contribution in [-0.4, -0.2) is 12.2 Å². The molecule has 0 saturated carbocycles. The summed E-state index contributed by atoms with van der Waals surface area (Å²) in [6, 6.07) is 10.3. The van der Waals surface area contributed by atoms with Gasteiger partial charge in [0.25, 0.3) is 0 Å². The molecule has 0 heterocycles. The van der Waals surface area contributed by atoms with E-state index in [0.717, 1.165) is 0 Å². The topological polar surface area (TPSA) is 47.3 Å². The number of hydrogen-bond acceptors (Lipinski definition) is 3. The predicted octanol–water partition coefficient (Wildman–Crippen LogP) is 3.31. The van der Waals surface area contributed by atoms with Crippen molar-refractivity contribution in [2.24, 2.45) is 0 Å². The lowest BCUT2D eigenvalue weighted by molar-refractivity contribution is 0.475. The van der Waals surface area contributed by atoms with E-state index in [2.05, 4.69) is 0 Å². The van der Waals surface area contributed by atoms with Crippen molar-refractivity contribution >= 4 is 11.4 Å². The van der Waals surface area contributed by atoms with E-state index in [4.69, 9.17) is 5.26 Å². The van der Waals surface area contributed by atoms with Crippen LogP contribution in [-0.2, 0) is 0 Å². The monoisotopic (exact) mass is 260 g/mol. The SMILES string of the molecule is CN(c1cccc(O)c1)c1ccc(C#N)c(F)c1F. The summed E-state index contributed by atoms with van der Waals surface area (Å²) >= 11 is 0. The van der Waals surface area contributed by atoms with E-state index in [-0.39, 0.29) is 17.0 Å². The summed E-state index contributed by atoms with van der Waals surface area (Å²) in [6.07, 6.45) is 0. The van der Waals surface area contributed by atoms with E-state index in [1.54, 1.807) is 25.2 Å². The fraction of sp³-hybridized carbons (Fsp3) is 0.0714. The number of nitriles is 1. The van der Waals surface area contributed by atoms with Crippen molar-refractivity contribution < 1.29 is 13.9 Å². The maximum atomic E-state index is 13.9. The Labute approximate surface area is 108 Å². The zero-order chi connectivity index (χ0) is 14.0. The van der Waals surface area contributed by atoms with Crippen molar-refractivity contribution in [3.05, 3.63) is 53.6 Å². The molecule has 0 fully saturated rings. The van der Waals surface area contributed by atoms with E-state index >= 15 is 0 Å². The number of hydrogen-bond donors (Lipinski definition) is 1. The summed E-state index contributed by atoms with van der Waals surface area (Å²) in [6.45, 7) is 0. The molecule has 2 aromatic rings. The molecule has 0 spiro atoms. The smallest absolute Gasteiger partial charge is 0.183 e. The Kier molecular flexibility index (Phi) is 3.34. The molecule has 5 heteroatoms. The van der Waals surface area contributed by atoms with Gasteiger partial charge in [-0.05, 0) is 24.3 Å². The van der Waals surface area contributed by atoms with Gasteiger partial charge in [0.1, 0.15) is 11.8 Å². The van der Waals surface area contributed by atoms with Crippen LogP contribution in [0.15, 0.2) is 36.4 Å². The number of phenols is 1. The lowest BCUT2D eigenvalue weighted by Gasteiger charge is -2.20. The van der Waals surface area contributed by atoms with Gasteiger partial charge in [-0.2, -0.15) is 5.26 Å². The number of halogens is 2. The van der Waals surface area contributed by atoms with Crippen molar-refractivity contribution in [3.8, 4) is 11.8 Å². The molecule has 0 saturated heterocycles. The Morgan fingerprint density at radius 1 is 1.16 bits per heavy atom. The summed E-state index contributed by atoms with van der Waals surface area (Å²) in [5.74, 6) is -2.24. The van der Waals surface area contributed by atoms with Crippen LogP contribution in [0.25, 0.3) is 0 Å². The summed E-state index contributed by atoms with van der Waals surface area (Å²) in [4.78, 5) is 1.39. The average molecular weight is 260 g/mol. The predicted molar refractivity (Wildman–Crippen MR) is 67.2 cm³/mol. The molecule has 2 rings (SSSR count). The molecule has 0 aromatic heterocycles. The molecule has 0 amide bonds. The van der Waals surface area contributed by atoms with E-state index in [0.29, 0.717) is 5.69 Å². The first-order chi connectivity index (χ1) is 9.04. The van der Waals surface area contributed by atoms with Gasteiger partial charge in [-0.15, -0.1) is 0 Å². The van der Waals surface area contributed by atoms with Gasteiger partial charge < -0.3 is 10.0 Å². The van der Waals surface area contributed by atoms with Crippen LogP contribution in [0.2, 0.25) is 0 Å². The first-order valence-corrected chi connectivity index (χ1v) is 5.45. The van der Waals surface area contributed by atoms with Gasteiger partial charge in [0, 0.05) is 18.8 Å². The van der Waals surface area contributed by atoms with Crippen LogP contribution < -0.4 is 4.90 Å². The maximum Gasteiger partial charge on any atom is 0.183 e. The van der Waals surface area contributed by atoms with Crippen LogP contribution in [0.5, 0.6) is 5.75 Å². The highest BCUT2D eigenvalue weighted by Gasteiger charge is 2.17. The minimum atomic E-state index is -1.17. The van der Waals surface area contributed by atoms with Crippen LogP contribution in [0.3, 0.4) is 0 Å². The molecule has 2 aromatic carbocycles. The highest BCUT2D eigenvalue weighted by atomic mass is 19.2. The fourth-order valence-corrected chi connectivity index (χ4v) is 1.73. The largest absolute Gasteiger partial charge is 0.508 e. The zero-order valence-electron chi connectivity index (χ0n) is 10.1. The number of aromatic hydroxyl groups is 1. The van der Waals surface area contributed by atoms with Crippen molar-refractivity contribution in [3.63, 3.8) is 0 Å². The van der Waals surface area contributed by atoms with Crippen molar-refractivity contribution in [2.45, 2.75) is 0 Å². The van der Waals surface area contributed by atoms with Gasteiger partial charge in [0.2, 0.25) is 0 Å². The molecule has 3 nitrogen and oxygen atoms in total. The Balaban J connectivity index is 2.48. The Bertz CT molecular complexity index is 665. The first-order valence-electron chi connectivity index (χ1n) is 5.45. The summed E-state index contributed by atoms with van der Waals surface area (Å²) in [7, 11) is 1.54. The van der Waals surface area contributed by atoms with Crippen molar-refractivity contribution in [1.29, 1.82) is 5.26 Å². The van der Waals surface area contributed by atoms with Crippen LogP contribution in [0.1, 0.15) is 5.56 Å². The second-order valence-corrected chi connectivity index (χ2v) is 3.95. The highest BCUT2D eigenvalue weighted by Crippen LogP contribution is 2.30. The van der Waals surface area contributed by atoms with Crippen LogP contribution >= 0.6 is 0 Å². The lowest BCUT2D eigenvalue weighted by Crippen LogP contribution is -2.12. The number of anilines is 2. The lowest BCUT2D eigenvalue weighted by atomic mass is 10.1. The van der Waals surface area contributed by atoms with Gasteiger partial charge in [-0.1, -0.05) is 6.07 Å². The average Bonchev–Trinajstić information content (AvgIpc) is 2.41. The standard InChI is InChI=1S/C14H10F2N2O/c1-18(10-3-2-4-11(19)7-10)12-6-5-9(8-17)13(15)14(12)16/h2-7,19H,1H3. The quantitative estimate of drug-likeness (QED) is 0.901. The molecule has 19 heavy (non-hydrogen) atoms. The summed E-state index contributed by atoms with van der Waals surface area (Å²) in [5, 5.41) is 18.0. The van der Waals surface area contributed by atoms with Crippen LogP contribution in [0, 0.1) is 23.0 Å². The first kappa shape index (κ1) is 12.8. The molecule has 0 unspecified atom stereocenters. The molecule has 0 radical (unpaired) electrons. The van der Waals surface area contributed by atoms with Gasteiger partial charge in [-0.25, -0.2) is 8.78 Å². The third-order valence-corrected chi connectivity index (χ3v) is 2.76. The van der Waals surface area contributed by atoms with Crippen molar-refractivity contribution in [2.75, 3.05) is 11.9 Å². The van der Waals surface area contributed by atoms with E-state index < -0.39 is 11.6 Å². The Hall–Kier alpha value is -2.61. The van der Waals surface area contributed by atoms with Gasteiger partial charge >= 0.3 is 0 Å². The normalized spacial score (nSPS) is 10.0. The second kappa shape index (κ2) is 4.94. The van der Waals surface area contributed by atoms with E-state index in [1.165, 1.54) is 29.2 Å². The van der Waals surface area contributed by atoms with Gasteiger partial charge in [-0.3, -0.25) is 0 Å². The van der Waals surface area contributed by atoms with Crippen LogP contribution in [0.4, 0.5) is 20.2 Å². The Morgan fingerprint density at radius 3 is 2.53 bits per heavy atom. The molecule has 96 valence electrons. The molecule has 0 bridgehead atoms. The van der Waals surface area contributed by atoms with Gasteiger partial charge in [0.05, 0.1) is 11.3 Å². The maximum absolute atomic E-state index is 13.9. The third-order valence-electron chi connectivity index (χ3n) is 2.76. The van der Waals surface area contributed by atoms with Gasteiger partial charge in [0.15, 0.2) is 11.6 Å². The highest BCUT2D eigenvalue weighted by molar-refractivity contribution is 5.65. The minimum absolute atomic E-state index is 0.0119. The molecule has 1 N–H and O–H groups in total. The summed E-state index contributed by atoms with van der Waals surface area (Å²) < 4.78 is 27.4. The molecular weight excluding hydrogens is 250 g/mol. The fourth-order valence-electron chi connectivity index (χ4n) is 1.73. The Morgan fingerprint density at radius 2 is 1.89 bits per heavy atom. The molecular formula is C14H10F2N2O. The molecule has 0 atom stereocenters. The second-order valence-electron chi connectivity index (χ2n) is 3.95.